The third kappa shape index (κ3) is 9.52. The molecule has 0 saturated heterocycles. The van der Waals surface area contributed by atoms with Gasteiger partial charge in [0.05, 0.1) is 5.70 Å². The van der Waals surface area contributed by atoms with E-state index in [0.717, 1.165) is 12.5 Å². The molecule has 0 spiro atoms. The van der Waals surface area contributed by atoms with Gasteiger partial charge in [-0.2, -0.15) is 0 Å². The normalized spacial score (nSPS) is 15.2. The second-order valence-electron chi connectivity index (χ2n) is 9.81. The zero-order valence-corrected chi connectivity index (χ0v) is 22.0. The molecule has 0 unspecified atom stereocenters. The Morgan fingerprint density at radius 2 is 1.00 bits per heavy atom. The molecule has 1 rings (SSSR count). The maximum Gasteiger partial charge on any atom is 0.125 e. The number of allylic oxidation sites excluding steroid dienone is 3. The molecular weight excluding hydrogens is 342 g/mol. The number of nitrogens with zero attached hydrogens (tertiary/aromatic N) is 1. The van der Waals surface area contributed by atoms with Crippen molar-refractivity contribution in [1.29, 1.82) is 0 Å². The van der Waals surface area contributed by atoms with E-state index in [2.05, 4.69) is 94.9 Å². The van der Waals surface area contributed by atoms with E-state index in [9.17, 15) is 0 Å². The minimum atomic E-state index is 0.402. The minimum Gasteiger partial charge on any atom is -0.464 e. The average Bonchev–Trinajstić information content (AvgIpc) is 2.73. The topological polar surface area (TPSA) is 12.5 Å². The van der Waals surface area contributed by atoms with Gasteiger partial charge in [0.2, 0.25) is 0 Å². The standard InChI is InChI=1S/C20H37NO.C4H10.C2H6/c1-12(2)17-11-21(16(9)10)18(13(3)4)20(15(7)8)22-19(17)14(5)6;1-4(2)3;1-2/h12-16H,11H2,1-10H3;4H,1-3H3;1-2H3. The van der Waals surface area contributed by atoms with Crippen LogP contribution in [0.4, 0.5) is 0 Å². The molecule has 0 aromatic heterocycles. The third-order valence-corrected chi connectivity index (χ3v) is 4.35. The molecule has 0 N–H and O–H groups in total. The molecule has 1 aliphatic heterocycles. The van der Waals surface area contributed by atoms with Crippen LogP contribution in [-0.2, 0) is 4.74 Å². The monoisotopic (exact) mass is 395 g/mol. The van der Waals surface area contributed by atoms with E-state index in [0.29, 0.717) is 29.7 Å². The van der Waals surface area contributed by atoms with Crippen LogP contribution < -0.4 is 0 Å². The number of ether oxygens (including phenoxy) is 1. The van der Waals surface area contributed by atoms with E-state index in [1.165, 1.54) is 22.8 Å². The van der Waals surface area contributed by atoms with Crippen LogP contribution in [0.15, 0.2) is 22.8 Å². The van der Waals surface area contributed by atoms with E-state index >= 15 is 0 Å². The van der Waals surface area contributed by atoms with E-state index in [1.54, 1.807) is 0 Å². The average molecular weight is 396 g/mol. The largest absolute Gasteiger partial charge is 0.464 e. The molecule has 0 aromatic carbocycles. The molecule has 2 nitrogen and oxygen atoms in total. The molecule has 1 aliphatic rings. The molecule has 1 heterocycles. The molecule has 28 heavy (non-hydrogen) atoms. The molecule has 0 radical (unpaired) electrons. The van der Waals surface area contributed by atoms with Crippen LogP contribution in [0, 0.1) is 29.6 Å². The lowest BCUT2D eigenvalue weighted by molar-refractivity contribution is 0.208. The van der Waals surface area contributed by atoms with E-state index in [-0.39, 0.29) is 0 Å². The Kier molecular flexibility index (Phi) is 14.8. The predicted molar refractivity (Wildman–Crippen MR) is 128 cm³/mol. The van der Waals surface area contributed by atoms with Gasteiger partial charge in [-0.15, -0.1) is 0 Å². The van der Waals surface area contributed by atoms with Crippen molar-refractivity contribution in [1.82, 2.24) is 4.90 Å². The van der Waals surface area contributed by atoms with Gasteiger partial charge >= 0.3 is 0 Å². The fourth-order valence-corrected chi connectivity index (χ4v) is 3.17. The first-order valence-corrected chi connectivity index (χ1v) is 11.7. The predicted octanol–water partition coefficient (Wildman–Crippen LogP) is 8.51. The zero-order chi connectivity index (χ0) is 22.8. The van der Waals surface area contributed by atoms with Crippen molar-refractivity contribution in [3.05, 3.63) is 22.8 Å². The highest BCUT2D eigenvalue weighted by atomic mass is 16.5. The Morgan fingerprint density at radius 1 is 0.607 bits per heavy atom. The first kappa shape index (κ1) is 29.3. The second kappa shape index (κ2) is 14.1. The molecular formula is C26H53NO. The van der Waals surface area contributed by atoms with Gasteiger partial charge in [-0.05, 0) is 37.2 Å². The molecule has 168 valence electrons. The summed E-state index contributed by atoms with van der Waals surface area (Å²) >= 11 is 0. The van der Waals surface area contributed by atoms with Crippen molar-refractivity contribution in [3.63, 3.8) is 0 Å². The van der Waals surface area contributed by atoms with E-state index in [4.69, 9.17) is 4.74 Å². The van der Waals surface area contributed by atoms with Crippen LogP contribution in [-0.4, -0.2) is 17.5 Å². The zero-order valence-electron chi connectivity index (χ0n) is 22.0. The van der Waals surface area contributed by atoms with E-state index in [1.807, 2.05) is 13.8 Å². The molecule has 0 fully saturated rings. The van der Waals surface area contributed by atoms with Gasteiger partial charge in [0, 0.05) is 24.4 Å². The number of rotatable bonds is 5. The molecule has 0 aliphatic carbocycles. The Bertz CT molecular complexity index is 476. The summed E-state index contributed by atoms with van der Waals surface area (Å²) in [6, 6.07) is 0.481. The van der Waals surface area contributed by atoms with Crippen molar-refractivity contribution in [2.75, 3.05) is 6.54 Å². The highest BCUT2D eigenvalue weighted by Gasteiger charge is 2.31. The maximum absolute atomic E-state index is 6.58. The quantitative estimate of drug-likeness (QED) is 0.462. The van der Waals surface area contributed by atoms with Gasteiger partial charge in [0.15, 0.2) is 0 Å². The maximum atomic E-state index is 6.58. The van der Waals surface area contributed by atoms with Gasteiger partial charge in [-0.25, -0.2) is 0 Å². The van der Waals surface area contributed by atoms with Crippen molar-refractivity contribution in [2.45, 2.75) is 110 Å². The van der Waals surface area contributed by atoms with Crippen LogP contribution >= 0.6 is 0 Å². The minimum absolute atomic E-state index is 0.402. The summed E-state index contributed by atoms with van der Waals surface area (Å²) < 4.78 is 6.58. The van der Waals surface area contributed by atoms with Crippen LogP contribution in [0.25, 0.3) is 0 Å². The fraction of sp³-hybridized carbons (Fsp3) is 0.846. The lowest BCUT2D eigenvalue weighted by atomic mass is 9.95. The summed E-state index contributed by atoms with van der Waals surface area (Å²) in [7, 11) is 0. The second-order valence-corrected chi connectivity index (χ2v) is 9.81. The van der Waals surface area contributed by atoms with E-state index < -0.39 is 0 Å². The lowest BCUT2D eigenvalue weighted by Crippen LogP contribution is -2.35. The summed E-state index contributed by atoms with van der Waals surface area (Å²) in [6.45, 7) is 34.2. The highest BCUT2D eigenvalue weighted by molar-refractivity contribution is 5.26. The summed E-state index contributed by atoms with van der Waals surface area (Å²) in [5.41, 5.74) is 2.84. The Labute approximate surface area is 178 Å². The number of hydrogen-bond donors (Lipinski definition) is 0. The molecule has 0 saturated carbocycles. The summed E-state index contributed by atoms with van der Waals surface area (Å²) in [6.07, 6.45) is 0. The molecule has 0 aromatic rings. The van der Waals surface area contributed by atoms with Gasteiger partial charge in [-0.1, -0.05) is 90.0 Å². The third-order valence-electron chi connectivity index (χ3n) is 4.35. The molecule has 2 heteroatoms. The van der Waals surface area contributed by atoms with Crippen LogP contribution in [0.2, 0.25) is 0 Å². The van der Waals surface area contributed by atoms with Gasteiger partial charge in [0.25, 0.3) is 0 Å². The summed E-state index contributed by atoms with van der Waals surface area (Å²) in [5, 5.41) is 0. The molecule has 0 atom stereocenters. The fourth-order valence-electron chi connectivity index (χ4n) is 3.17. The van der Waals surface area contributed by atoms with Crippen molar-refractivity contribution >= 4 is 0 Å². The first-order valence-electron chi connectivity index (χ1n) is 11.7. The van der Waals surface area contributed by atoms with Gasteiger partial charge in [0.1, 0.15) is 11.5 Å². The van der Waals surface area contributed by atoms with Crippen LogP contribution in [0.3, 0.4) is 0 Å². The number of hydrogen-bond acceptors (Lipinski definition) is 2. The smallest absolute Gasteiger partial charge is 0.125 e. The van der Waals surface area contributed by atoms with Crippen molar-refractivity contribution in [3.8, 4) is 0 Å². The summed E-state index contributed by atoms with van der Waals surface area (Å²) in [5.74, 6) is 5.01. The summed E-state index contributed by atoms with van der Waals surface area (Å²) in [4.78, 5) is 2.56. The van der Waals surface area contributed by atoms with Gasteiger partial charge in [-0.3, -0.25) is 0 Å². The van der Waals surface area contributed by atoms with Crippen molar-refractivity contribution < 1.29 is 4.74 Å². The van der Waals surface area contributed by atoms with Crippen LogP contribution in [0.1, 0.15) is 104 Å². The first-order chi connectivity index (χ1) is 12.8. The highest BCUT2D eigenvalue weighted by Crippen LogP contribution is 2.37. The van der Waals surface area contributed by atoms with Gasteiger partial charge < -0.3 is 9.64 Å². The molecule has 0 bridgehead atoms. The lowest BCUT2D eigenvalue weighted by Gasteiger charge is -2.35. The Morgan fingerprint density at radius 3 is 1.25 bits per heavy atom. The Hall–Kier alpha value is -0.920. The van der Waals surface area contributed by atoms with Crippen molar-refractivity contribution in [2.24, 2.45) is 29.6 Å². The SMILES string of the molecule is CC.CC(C)C.CC(C)C1=C(C(C)C)OC(C(C)C)=C(C(C)C)N(C(C)C)C1. The van der Waals surface area contributed by atoms with Crippen LogP contribution in [0.5, 0.6) is 0 Å². The Balaban J connectivity index is 0. The molecule has 0 amide bonds.